The molecular formula is C26H40N2O3. The quantitative estimate of drug-likeness (QED) is 0.727. The number of aliphatic hydroxyl groups is 1. The maximum Gasteiger partial charge on any atom is 0.225 e. The number of likely N-dealkylation sites (N-methyl/N-ethyl adjacent to an activating group) is 1. The fourth-order valence-corrected chi connectivity index (χ4v) is 6.34. The Kier molecular flexibility index (Phi) is 7.46. The van der Waals surface area contributed by atoms with Crippen LogP contribution in [0.15, 0.2) is 30.3 Å². The van der Waals surface area contributed by atoms with Gasteiger partial charge in [0.25, 0.3) is 0 Å². The normalized spacial score (nSPS) is 33.8. The van der Waals surface area contributed by atoms with Crippen LogP contribution >= 0.6 is 0 Å². The summed E-state index contributed by atoms with van der Waals surface area (Å²) in [7, 11) is 1.87. The lowest BCUT2D eigenvalue weighted by molar-refractivity contribution is -0.149. The molecule has 2 fully saturated rings. The molecule has 0 bridgehead atoms. The summed E-state index contributed by atoms with van der Waals surface area (Å²) in [6, 6.07) is 10.3. The number of nitrogens with one attached hydrogen (secondary N) is 1. The molecule has 0 aliphatic heterocycles. The molecule has 5 nitrogen and oxygen atoms in total. The van der Waals surface area contributed by atoms with Crippen molar-refractivity contribution in [2.75, 3.05) is 13.6 Å². The second-order valence-electron chi connectivity index (χ2n) is 10.4. The minimum Gasteiger partial charge on any atom is -0.392 e. The number of hydrogen-bond donors (Lipinski definition) is 2. The zero-order valence-corrected chi connectivity index (χ0v) is 19.8. The van der Waals surface area contributed by atoms with Crippen molar-refractivity contribution in [3.8, 4) is 0 Å². The van der Waals surface area contributed by atoms with E-state index in [2.05, 4.69) is 31.3 Å². The SMILES string of the molecule is CC(=O)N[C@H]1CC[C@@]2(C)CC[C@@H]([C@H](C)C(=O)N(C)CCc3ccccc3)[C@H](O)[C@H]2[C@H]1C. The highest BCUT2D eigenvalue weighted by Gasteiger charge is 2.53. The summed E-state index contributed by atoms with van der Waals surface area (Å²) < 4.78 is 0. The van der Waals surface area contributed by atoms with E-state index in [1.807, 2.05) is 37.1 Å². The molecule has 31 heavy (non-hydrogen) atoms. The Labute approximate surface area is 187 Å². The molecule has 1 aromatic rings. The van der Waals surface area contributed by atoms with Gasteiger partial charge in [-0.15, -0.1) is 0 Å². The van der Waals surface area contributed by atoms with E-state index in [1.165, 1.54) is 5.56 Å². The molecule has 2 N–H and O–H groups in total. The summed E-state index contributed by atoms with van der Waals surface area (Å²) in [6.07, 6.45) is 4.19. The third-order valence-corrected chi connectivity index (χ3v) is 8.26. The van der Waals surface area contributed by atoms with Gasteiger partial charge >= 0.3 is 0 Å². The van der Waals surface area contributed by atoms with E-state index < -0.39 is 6.10 Å². The topological polar surface area (TPSA) is 69.6 Å². The average molecular weight is 429 g/mol. The maximum absolute atomic E-state index is 13.2. The molecule has 0 radical (unpaired) electrons. The Morgan fingerprint density at radius 2 is 1.87 bits per heavy atom. The maximum atomic E-state index is 13.2. The molecule has 172 valence electrons. The van der Waals surface area contributed by atoms with Crippen molar-refractivity contribution < 1.29 is 14.7 Å². The first-order chi connectivity index (χ1) is 14.6. The second-order valence-corrected chi connectivity index (χ2v) is 10.4. The summed E-state index contributed by atoms with van der Waals surface area (Å²) in [5, 5.41) is 14.6. The van der Waals surface area contributed by atoms with Gasteiger partial charge in [-0.05, 0) is 60.8 Å². The Balaban J connectivity index is 1.66. The monoisotopic (exact) mass is 428 g/mol. The van der Waals surface area contributed by atoms with Gasteiger partial charge in [0, 0.05) is 32.5 Å². The van der Waals surface area contributed by atoms with Gasteiger partial charge in [0.05, 0.1) is 6.10 Å². The summed E-state index contributed by atoms with van der Waals surface area (Å²) in [6.45, 7) is 8.67. The number of rotatable bonds is 6. The predicted octanol–water partition coefficient (Wildman–Crippen LogP) is 3.65. The summed E-state index contributed by atoms with van der Waals surface area (Å²) in [5.41, 5.74) is 1.30. The third-order valence-electron chi connectivity index (χ3n) is 8.26. The van der Waals surface area contributed by atoms with Crippen molar-refractivity contribution in [1.82, 2.24) is 10.2 Å². The summed E-state index contributed by atoms with van der Waals surface area (Å²) >= 11 is 0. The Morgan fingerprint density at radius 1 is 1.23 bits per heavy atom. The molecule has 1 aromatic carbocycles. The van der Waals surface area contributed by atoms with Gasteiger partial charge in [-0.3, -0.25) is 9.59 Å². The molecule has 0 saturated heterocycles. The minimum atomic E-state index is -0.521. The molecule has 0 heterocycles. The molecular weight excluding hydrogens is 388 g/mol. The molecule has 2 aliphatic rings. The highest BCUT2D eigenvalue weighted by atomic mass is 16.3. The number of aliphatic hydroxyl groups excluding tert-OH is 1. The first-order valence-corrected chi connectivity index (χ1v) is 11.9. The van der Waals surface area contributed by atoms with Crippen molar-refractivity contribution in [3.05, 3.63) is 35.9 Å². The fraction of sp³-hybridized carbons (Fsp3) is 0.692. The lowest BCUT2D eigenvalue weighted by atomic mass is 9.51. The second kappa shape index (κ2) is 9.72. The number of carbonyl (C=O) groups excluding carboxylic acids is 2. The Hall–Kier alpha value is -1.88. The van der Waals surface area contributed by atoms with Gasteiger partial charge in [0.1, 0.15) is 0 Å². The summed E-state index contributed by atoms with van der Waals surface area (Å²) in [5.74, 6) is 0.147. The molecule has 2 amide bonds. The van der Waals surface area contributed by atoms with Crippen LogP contribution < -0.4 is 5.32 Å². The van der Waals surface area contributed by atoms with Crippen LogP contribution in [-0.2, 0) is 16.0 Å². The van der Waals surface area contributed by atoms with E-state index >= 15 is 0 Å². The molecule has 0 unspecified atom stereocenters. The van der Waals surface area contributed by atoms with E-state index in [4.69, 9.17) is 0 Å². The van der Waals surface area contributed by atoms with Gasteiger partial charge in [0.2, 0.25) is 11.8 Å². The molecule has 7 atom stereocenters. The van der Waals surface area contributed by atoms with Gasteiger partial charge in [0.15, 0.2) is 0 Å². The highest BCUT2D eigenvalue weighted by Crippen LogP contribution is 2.55. The first-order valence-electron chi connectivity index (χ1n) is 11.9. The number of fused-ring (bicyclic) bond motifs is 1. The number of benzene rings is 1. The van der Waals surface area contributed by atoms with Gasteiger partial charge in [-0.1, -0.05) is 51.1 Å². The van der Waals surface area contributed by atoms with E-state index in [0.29, 0.717) is 6.54 Å². The highest BCUT2D eigenvalue weighted by molar-refractivity contribution is 5.78. The fourth-order valence-electron chi connectivity index (χ4n) is 6.34. The molecule has 2 saturated carbocycles. The summed E-state index contributed by atoms with van der Waals surface area (Å²) in [4.78, 5) is 26.7. The lowest BCUT2D eigenvalue weighted by Gasteiger charge is -2.56. The van der Waals surface area contributed by atoms with E-state index in [9.17, 15) is 14.7 Å². The van der Waals surface area contributed by atoms with Crippen LogP contribution in [0.5, 0.6) is 0 Å². The van der Waals surface area contributed by atoms with E-state index in [0.717, 1.165) is 32.1 Å². The van der Waals surface area contributed by atoms with Crippen molar-refractivity contribution >= 4 is 11.8 Å². The van der Waals surface area contributed by atoms with Crippen molar-refractivity contribution in [3.63, 3.8) is 0 Å². The van der Waals surface area contributed by atoms with Crippen LogP contribution in [0.3, 0.4) is 0 Å². The minimum absolute atomic E-state index is 0.00844. The van der Waals surface area contributed by atoms with E-state index in [-0.39, 0.29) is 46.9 Å². The number of nitrogens with zero attached hydrogens (tertiary/aromatic N) is 1. The van der Waals surface area contributed by atoms with Crippen LogP contribution in [0.2, 0.25) is 0 Å². The standard InChI is InChI=1S/C26H40N2O3/c1-17(25(31)28(5)16-13-20-9-7-6-8-10-20)21-11-14-26(4)15-12-22(27-19(3)29)18(2)23(26)24(21)30/h6-10,17-18,21-24,30H,11-16H2,1-5H3,(H,27,29)/t17-,18-,21-,22-,23+,24-,26+/m0/s1. The smallest absolute Gasteiger partial charge is 0.225 e. The van der Waals surface area contributed by atoms with Crippen LogP contribution in [0.25, 0.3) is 0 Å². The van der Waals surface area contributed by atoms with Crippen LogP contribution in [0, 0.1) is 29.1 Å². The van der Waals surface area contributed by atoms with Gasteiger partial charge in [-0.2, -0.15) is 0 Å². The largest absolute Gasteiger partial charge is 0.392 e. The number of carbonyl (C=O) groups is 2. The van der Waals surface area contributed by atoms with Crippen molar-refractivity contribution in [2.45, 2.75) is 71.9 Å². The van der Waals surface area contributed by atoms with Crippen molar-refractivity contribution in [1.29, 1.82) is 0 Å². The molecule has 2 aliphatic carbocycles. The molecule has 0 aromatic heterocycles. The number of hydrogen-bond acceptors (Lipinski definition) is 3. The molecule has 3 rings (SSSR count). The zero-order chi connectivity index (χ0) is 22.8. The first kappa shape index (κ1) is 23.8. The van der Waals surface area contributed by atoms with Crippen molar-refractivity contribution in [2.24, 2.45) is 29.1 Å². The van der Waals surface area contributed by atoms with Gasteiger partial charge < -0.3 is 15.3 Å². The Bertz CT molecular complexity index is 767. The lowest BCUT2D eigenvalue weighted by Crippen LogP contribution is -2.58. The molecule has 5 heteroatoms. The predicted molar refractivity (Wildman–Crippen MR) is 123 cm³/mol. The van der Waals surface area contributed by atoms with Crippen LogP contribution in [0.1, 0.15) is 58.9 Å². The molecule has 0 spiro atoms. The average Bonchev–Trinajstić information content (AvgIpc) is 2.74. The Morgan fingerprint density at radius 3 is 2.52 bits per heavy atom. The van der Waals surface area contributed by atoms with Gasteiger partial charge in [-0.25, -0.2) is 0 Å². The van der Waals surface area contributed by atoms with Crippen LogP contribution in [0.4, 0.5) is 0 Å². The van der Waals surface area contributed by atoms with E-state index in [1.54, 1.807) is 6.92 Å². The van der Waals surface area contributed by atoms with Crippen LogP contribution in [-0.4, -0.2) is 47.6 Å². The third kappa shape index (κ3) is 5.14. The zero-order valence-electron chi connectivity index (χ0n) is 19.8. The number of amides is 2.